The Morgan fingerprint density at radius 3 is 2.44 bits per heavy atom. The summed E-state index contributed by atoms with van der Waals surface area (Å²) < 4.78 is 9.47. The third kappa shape index (κ3) is 1.21. The molecule has 1 rings (SSSR count). The topological polar surface area (TPSA) is 58.9 Å². The molecule has 0 spiro atoms. The van der Waals surface area contributed by atoms with Crippen molar-refractivity contribution in [3.05, 3.63) is 0 Å². The lowest BCUT2D eigenvalue weighted by atomic mass is 10.2. The molecule has 0 aromatic heterocycles. The van der Waals surface area contributed by atoms with Crippen LogP contribution in [-0.4, -0.2) is 42.4 Å². The minimum absolute atomic E-state index is 0.152. The predicted octanol–water partition coefficient (Wildman–Crippen LogP) is -1.29. The maximum atomic E-state index is 8.96. The van der Waals surface area contributed by atoms with Gasteiger partial charge in [-0.1, -0.05) is 0 Å². The van der Waals surface area contributed by atoms with Gasteiger partial charge in [0.2, 0.25) is 0 Å². The molecule has 0 unspecified atom stereocenters. The van der Waals surface area contributed by atoms with Gasteiger partial charge in [0.15, 0.2) is 6.29 Å². The van der Waals surface area contributed by atoms with Gasteiger partial charge in [-0.3, -0.25) is 0 Å². The fourth-order valence-electron chi connectivity index (χ4n) is 0.779. The van der Waals surface area contributed by atoms with E-state index in [-0.39, 0.29) is 6.61 Å². The fraction of sp³-hybridized carbons (Fsp3) is 1.00. The van der Waals surface area contributed by atoms with Crippen LogP contribution in [0.1, 0.15) is 0 Å². The minimum atomic E-state index is -0.894. The van der Waals surface area contributed by atoms with Crippen LogP contribution < -0.4 is 0 Å². The second kappa shape index (κ2) is 2.62. The van der Waals surface area contributed by atoms with Crippen LogP contribution in [0.4, 0.5) is 0 Å². The number of aliphatic hydroxyl groups is 2. The van der Waals surface area contributed by atoms with Gasteiger partial charge in [-0.15, -0.1) is 0 Å². The number of hydrogen-bond acceptors (Lipinski definition) is 4. The molecule has 1 heterocycles. The zero-order chi connectivity index (χ0) is 6.85. The van der Waals surface area contributed by atoms with E-state index in [1.54, 1.807) is 0 Å². The first-order valence-corrected chi connectivity index (χ1v) is 2.76. The van der Waals surface area contributed by atoms with Crippen molar-refractivity contribution < 1.29 is 19.7 Å². The third-order valence-corrected chi connectivity index (χ3v) is 1.34. The summed E-state index contributed by atoms with van der Waals surface area (Å²) in [6, 6.07) is 0. The molecule has 4 heteroatoms. The van der Waals surface area contributed by atoms with Crippen LogP contribution in [-0.2, 0) is 9.47 Å². The standard InChI is InChI=1S/C5H10O4/c1-8-5-4(7)3(6)2-9-5/h3-7H,2H2,1H3/t3-,4+,5-/m0/s1. The molecule has 1 saturated heterocycles. The van der Waals surface area contributed by atoms with E-state index in [2.05, 4.69) is 4.74 Å². The average molecular weight is 134 g/mol. The molecule has 0 radical (unpaired) electrons. The zero-order valence-corrected chi connectivity index (χ0v) is 5.15. The van der Waals surface area contributed by atoms with E-state index in [0.29, 0.717) is 0 Å². The van der Waals surface area contributed by atoms with Crippen molar-refractivity contribution in [1.82, 2.24) is 0 Å². The number of ether oxygens (including phenoxy) is 2. The Hall–Kier alpha value is -0.160. The summed E-state index contributed by atoms with van der Waals surface area (Å²) >= 11 is 0. The molecule has 0 aliphatic carbocycles. The normalized spacial score (nSPS) is 43.7. The predicted molar refractivity (Wildman–Crippen MR) is 28.8 cm³/mol. The molecule has 0 aromatic carbocycles. The van der Waals surface area contributed by atoms with Crippen LogP contribution in [0.15, 0.2) is 0 Å². The number of methoxy groups -OCH3 is 1. The van der Waals surface area contributed by atoms with E-state index in [1.807, 2.05) is 0 Å². The van der Waals surface area contributed by atoms with Gasteiger partial charge in [-0.05, 0) is 0 Å². The van der Waals surface area contributed by atoms with E-state index in [1.165, 1.54) is 7.11 Å². The highest BCUT2D eigenvalue weighted by Crippen LogP contribution is 2.13. The largest absolute Gasteiger partial charge is 0.388 e. The molecule has 9 heavy (non-hydrogen) atoms. The van der Waals surface area contributed by atoms with Crippen LogP contribution >= 0.6 is 0 Å². The van der Waals surface area contributed by atoms with Crippen molar-refractivity contribution in [2.45, 2.75) is 18.5 Å². The molecule has 4 nitrogen and oxygen atoms in total. The number of hydrogen-bond donors (Lipinski definition) is 2. The van der Waals surface area contributed by atoms with Crippen molar-refractivity contribution in [3.8, 4) is 0 Å². The minimum Gasteiger partial charge on any atom is -0.388 e. The number of rotatable bonds is 1. The lowest BCUT2D eigenvalue weighted by molar-refractivity contribution is -0.134. The van der Waals surface area contributed by atoms with Gasteiger partial charge in [-0.25, -0.2) is 0 Å². The molecule has 0 bridgehead atoms. The van der Waals surface area contributed by atoms with Gasteiger partial charge < -0.3 is 19.7 Å². The van der Waals surface area contributed by atoms with Crippen LogP contribution in [0, 0.1) is 0 Å². The first kappa shape index (κ1) is 6.95. The third-order valence-electron chi connectivity index (χ3n) is 1.34. The molecule has 0 saturated carbocycles. The SMILES string of the molecule is CO[C@H]1OC[C@H](O)[C@H]1O. The second-order valence-corrected chi connectivity index (χ2v) is 2.00. The highest BCUT2D eigenvalue weighted by molar-refractivity contribution is 4.76. The average Bonchev–Trinajstić information content (AvgIpc) is 2.15. The van der Waals surface area contributed by atoms with Crippen molar-refractivity contribution in [1.29, 1.82) is 0 Å². The van der Waals surface area contributed by atoms with Crippen molar-refractivity contribution >= 4 is 0 Å². The first-order valence-electron chi connectivity index (χ1n) is 2.76. The smallest absolute Gasteiger partial charge is 0.185 e. The Bertz CT molecular complexity index is 95.0. The Morgan fingerprint density at radius 1 is 1.56 bits per heavy atom. The summed E-state index contributed by atoms with van der Waals surface area (Å²) in [7, 11) is 1.42. The maximum absolute atomic E-state index is 8.96. The Morgan fingerprint density at radius 2 is 2.22 bits per heavy atom. The van der Waals surface area contributed by atoms with Gasteiger partial charge in [0.05, 0.1) is 6.61 Å². The zero-order valence-electron chi connectivity index (χ0n) is 5.15. The molecule has 2 N–H and O–H groups in total. The van der Waals surface area contributed by atoms with Gasteiger partial charge in [0.1, 0.15) is 12.2 Å². The van der Waals surface area contributed by atoms with E-state index < -0.39 is 18.5 Å². The highest BCUT2D eigenvalue weighted by Gasteiger charge is 2.34. The summed E-state index contributed by atoms with van der Waals surface area (Å²) in [5, 5.41) is 17.8. The Kier molecular flexibility index (Phi) is 2.02. The molecule has 0 aromatic rings. The van der Waals surface area contributed by atoms with E-state index >= 15 is 0 Å². The Labute approximate surface area is 53.0 Å². The highest BCUT2D eigenvalue weighted by atomic mass is 16.7. The lowest BCUT2D eigenvalue weighted by Gasteiger charge is -2.11. The molecule has 1 aliphatic rings. The molecule has 1 fully saturated rings. The first-order chi connectivity index (χ1) is 4.25. The quantitative estimate of drug-likeness (QED) is 0.468. The summed E-state index contributed by atoms with van der Waals surface area (Å²) in [6.45, 7) is 0.152. The summed E-state index contributed by atoms with van der Waals surface area (Å²) in [6.07, 6.45) is -2.34. The van der Waals surface area contributed by atoms with E-state index in [4.69, 9.17) is 14.9 Å². The molecule has 1 aliphatic heterocycles. The fourth-order valence-corrected chi connectivity index (χ4v) is 0.779. The lowest BCUT2D eigenvalue weighted by Crippen LogP contribution is -2.30. The van der Waals surface area contributed by atoms with Crippen molar-refractivity contribution in [2.24, 2.45) is 0 Å². The molecule has 54 valence electrons. The van der Waals surface area contributed by atoms with Gasteiger partial charge in [0, 0.05) is 7.11 Å². The second-order valence-electron chi connectivity index (χ2n) is 2.00. The van der Waals surface area contributed by atoms with Crippen LogP contribution in [0.25, 0.3) is 0 Å². The maximum Gasteiger partial charge on any atom is 0.185 e. The van der Waals surface area contributed by atoms with E-state index in [9.17, 15) is 0 Å². The summed E-state index contributed by atoms with van der Waals surface area (Å²) in [4.78, 5) is 0. The summed E-state index contributed by atoms with van der Waals surface area (Å²) in [5.41, 5.74) is 0. The van der Waals surface area contributed by atoms with Gasteiger partial charge in [0.25, 0.3) is 0 Å². The number of aliphatic hydroxyl groups excluding tert-OH is 2. The molecule has 0 amide bonds. The van der Waals surface area contributed by atoms with Gasteiger partial charge >= 0.3 is 0 Å². The van der Waals surface area contributed by atoms with Crippen molar-refractivity contribution in [2.75, 3.05) is 13.7 Å². The monoisotopic (exact) mass is 134 g/mol. The molecule has 3 atom stereocenters. The Balaban J connectivity index is 2.41. The summed E-state index contributed by atoms with van der Waals surface area (Å²) in [5.74, 6) is 0. The van der Waals surface area contributed by atoms with Crippen LogP contribution in [0.5, 0.6) is 0 Å². The van der Waals surface area contributed by atoms with Crippen LogP contribution in [0.3, 0.4) is 0 Å². The van der Waals surface area contributed by atoms with Gasteiger partial charge in [-0.2, -0.15) is 0 Å². The van der Waals surface area contributed by atoms with E-state index in [0.717, 1.165) is 0 Å². The van der Waals surface area contributed by atoms with Crippen LogP contribution in [0.2, 0.25) is 0 Å². The molecular formula is C5H10O4. The van der Waals surface area contributed by atoms with Crippen molar-refractivity contribution in [3.63, 3.8) is 0 Å². The molecular weight excluding hydrogens is 124 g/mol.